The van der Waals surface area contributed by atoms with Crippen molar-refractivity contribution in [2.75, 3.05) is 106 Å². The van der Waals surface area contributed by atoms with Crippen LogP contribution in [0.15, 0.2) is 171 Å². The summed E-state index contributed by atoms with van der Waals surface area (Å²) in [6.45, 7) is 2.40. The predicted octanol–water partition coefficient (Wildman–Crippen LogP) is 8.42. The second-order valence-electron chi connectivity index (χ2n) is 27.3. The zero-order chi connectivity index (χ0) is 78.5. The number of carboxylic acid groups (broad SMARTS) is 1. The molecular formula is C79H93N15O16. The number of unbranched alkanes of at least 4 members (excludes halogenated alkanes) is 2. The van der Waals surface area contributed by atoms with E-state index < -0.39 is 59.5 Å². The summed E-state index contributed by atoms with van der Waals surface area (Å²) in [5.74, 6) is -1.06. The number of azo groups is 2. The number of methoxy groups -OCH3 is 2. The average Bonchev–Trinajstić information content (AvgIpc) is 0.952. The Labute approximate surface area is 635 Å². The maximum atomic E-state index is 14.1. The van der Waals surface area contributed by atoms with Crippen molar-refractivity contribution in [2.45, 2.75) is 101 Å². The van der Waals surface area contributed by atoms with Gasteiger partial charge >= 0.3 is 0 Å². The molecule has 31 heteroatoms. The van der Waals surface area contributed by atoms with Crippen molar-refractivity contribution < 1.29 is 72.6 Å². The fourth-order valence-corrected chi connectivity index (χ4v) is 12.3. The number of aromatic nitrogens is 3. The average molecular weight is 1510 g/mol. The van der Waals surface area contributed by atoms with Crippen LogP contribution in [0.25, 0.3) is 33.4 Å². The Balaban J connectivity index is 0.628. The van der Waals surface area contributed by atoms with Gasteiger partial charge in [0.15, 0.2) is 0 Å². The maximum absolute atomic E-state index is 14.1. The zero-order valence-electron chi connectivity index (χ0n) is 62.9. The van der Waals surface area contributed by atoms with Crippen LogP contribution in [-0.2, 0) is 38.6 Å². The molecule has 0 radical (unpaired) electrons. The number of nitrogens with one attached hydrogen (secondary N) is 3. The first-order valence-electron chi connectivity index (χ1n) is 36.0. The van der Waals surface area contributed by atoms with Crippen LogP contribution in [-0.4, -0.2) is 197 Å². The summed E-state index contributed by atoms with van der Waals surface area (Å²) in [7, 11) is 16.5. The quantitative estimate of drug-likeness (QED) is 0.00531. The van der Waals surface area contributed by atoms with Crippen molar-refractivity contribution in [3.63, 3.8) is 0 Å². The number of fused-ring (bicyclic) bond motifs is 2. The van der Waals surface area contributed by atoms with Crippen molar-refractivity contribution in [2.24, 2.45) is 20.5 Å². The molecule has 0 unspecified atom stereocenters. The van der Waals surface area contributed by atoms with Gasteiger partial charge in [0, 0.05) is 129 Å². The molecule has 3 amide bonds. The summed E-state index contributed by atoms with van der Waals surface area (Å²) < 4.78 is 38.8. The molecule has 1 fully saturated rings. The molecule has 6 atom stereocenters. The summed E-state index contributed by atoms with van der Waals surface area (Å²) in [5, 5.41) is 92.5. The topological polar surface area (TPSA) is 383 Å². The highest BCUT2D eigenvalue weighted by atomic mass is 16.7. The number of anilines is 2. The van der Waals surface area contributed by atoms with E-state index in [1.165, 1.54) is 44.6 Å². The van der Waals surface area contributed by atoms with Crippen LogP contribution in [0.3, 0.4) is 0 Å². The van der Waals surface area contributed by atoms with Gasteiger partial charge in [0.25, 0.3) is 11.6 Å². The molecule has 3 aliphatic rings. The fourth-order valence-electron chi connectivity index (χ4n) is 12.3. The lowest BCUT2D eigenvalue weighted by molar-refractivity contribution is -0.384. The van der Waals surface area contributed by atoms with E-state index in [0.29, 0.717) is 144 Å². The number of aromatic carboxylic acids is 1. The van der Waals surface area contributed by atoms with Crippen LogP contribution in [0.2, 0.25) is 0 Å². The van der Waals surface area contributed by atoms with Crippen LogP contribution in [0.5, 0.6) is 17.2 Å². The Morgan fingerprint density at radius 2 is 1.40 bits per heavy atom. The molecule has 1 aromatic heterocycles. The molecule has 3 heterocycles. The van der Waals surface area contributed by atoms with E-state index in [4.69, 9.17) is 28.1 Å². The Morgan fingerprint density at radius 1 is 0.718 bits per heavy atom. The number of amides is 3. The van der Waals surface area contributed by atoms with Gasteiger partial charge in [-0.3, -0.25) is 29.2 Å². The summed E-state index contributed by atoms with van der Waals surface area (Å²) in [6, 6.07) is 38.2. The first kappa shape index (κ1) is 80.9. The minimum absolute atomic E-state index is 0.0136. The van der Waals surface area contributed by atoms with Gasteiger partial charge in [0.1, 0.15) is 90.2 Å². The Kier molecular flexibility index (Phi) is 28.3. The lowest BCUT2D eigenvalue weighted by Crippen LogP contribution is -2.60. The number of nitro benzene ring substituents is 1. The summed E-state index contributed by atoms with van der Waals surface area (Å²) in [6.07, 6.45) is -0.954. The van der Waals surface area contributed by atoms with Gasteiger partial charge in [-0.15, -0.1) is 15.3 Å². The van der Waals surface area contributed by atoms with E-state index in [2.05, 4.69) is 46.7 Å². The van der Waals surface area contributed by atoms with Crippen LogP contribution < -0.4 is 55.0 Å². The standard InChI is InChI=1S/C79H93N15O16/c1-89(2)37-11-10-15-63(82-76(99)50-19-32-59(62(41-50)78(101)102)72-60-33-28-56(90(3)4)42-66(60)109-67-43-57(91(5)6)29-34-61(67)72)77(100)81-46-53-47-93(88-85-53)39-12-13-40-107-48-70-73(96)74(97)75(98)79(110-70)108-58-30-17-49(18-31-58)35-36-80-71(95)16-14-38-92(7)54-24-20-51(21-25-54)83-86-64-44-69(106-9)65(45-68(64)105-8)87-84-52-22-26-55(27-23-52)94(103)104/h17-34,41-45,47,63,70,73-75,79,96-98H,10-16,35-40,46,48H2,1-9H3,(H3-,80,81,82,95,99,100,101,102)/t63-,70+,73+,74-,75+,79+/m0/s1. The van der Waals surface area contributed by atoms with Gasteiger partial charge in [0.05, 0.1) is 61.9 Å². The maximum Gasteiger partial charge on any atom is 0.269 e. The Morgan fingerprint density at radius 3 is 2.05 bits per heavy atom. The third-order valence-corrected chi connectivity index (χ3v) is 18.6. The molecule has 31 nitrogen and oxygen atoms in total. The van der Waals surface area contributed by atoms with Gasteiger partial charge in [0.2, 0.25) is 23.5 Å². The number of aryl methyl sites for hydroxylation is 1. The molecule has 1 aliphatic carbocycles. The van der Waals surface area contributed by atoms with Crippen LogP contribution in [0.1, 0.15) is 76.9 Å². The highest BCUT2D eigenvalue weighted by Gasteiger charge is 2.45. The number of nitrogens with zero attached hydrogens (tertiary/aromatic N) is 12. The van der Waals surface area contributed by atoms with Gasteiger partial charge in [-0.2, -0.15) is 10.2 Å². The van der Waals surface area contributed by atoms with Crippen LogP contribution in [0, 0.1) is 10.1 Å². The monoisotopic (exact) mass is 1510 g/mol. The van der Waals surface area contributed by atoms with E-state index in [1.54, 1.807) is 47.3 Å². The lowest BCUT2D eigenvalue weighted by atomic mass is 9.89. The number of ether oxygens (including phenoxy) is 5. The Hall–Kier alpha value is -11.6. The number of hydrogen-bond acceptors (Lipinski definition) is 25. The lowest BCUT2D eigenvalue weighted by Gasteiger charge is -2.40. The van der Waals surface area contributed by atoms with E-state index in [9.17, 15) is 49.7 Å². The van der Waals surface area contributed by atoms with Crippen molar-refractivity contribution in [1.82, 2.24) is 40.4 Å². The second-order valence-corrected chi connectivity index (χ2v) is 27.3. The highest BCUT2D eigenvalue weighted by Crippen LogP contribution is 2.44. The molecule has 6 N–H and O–H groups in total. The number of carbonyl (C=O) groups is 4. The predicted molar refractivity (Wildman–Crippen MR) is 410 cm³/mol. The molecule has 0 bridgehead atoms. The number of carbonyl (C=O) groups excluding carboxylic acids is 4. The SMILES string of the molecule is COc1cc(N=Nc2ccc([N+](=O)[O-])cc2)c(OC)cc1N=Nc1ccc(N(C)CCCC(=O)NCCc2ccc(O[C@@H]3O[C@H](COCCCCn4cc(CNC(=O)[C@H](CCCCN(C)C)NC(=O)c5ccc(-c6c7ccc(=[N+](C)C)cc-7oc7cc(N(C)C)ccc67)c(C(=O)[O-])c5)nn4)[C@@H](O)[C@H](O)[C@H]3O)cc2)cc1. The number of aliphatic hydroxyl groups excluding tert-OH is 3. The minimum atomic E-state index is -1.58. The molecule has 0 saturated carbocycles. The van der Waals surface area contributed by atoms with E-state index in [0.717, 1.165) is 35.3 Å². The molecule has 2 aliphatic heterocycles. The smallest absolute Gasteiger partial charge is 0.269 e. The van der Waals surface area contributed by atoms with E-state index in [1.807, 2.05) is 141 Å². The summed E-state index contributed by atoms with van der Waals surface area (Å²) >= 11 is 0. The normalized spacial score (nSPS) is 16.0. The van der Waals surface area contributed by atoms with Gasteiger partial charge < -0.3 is 84.0 Å². The molecule has 1 saturated heterocycles. The van der Waals surface area contributed by atoms with E-state index >= 15 is 0 Å². The Bertz CT molecular complexity index is 4760. The number of hydrogen-bond donors (Lipinski definition) is 6. The molecule has 580 valence electrons. The molecule has 7 aromatic rings. The van der Waals surface area contributed by atoms with Gasteiger partial charge in [-0.05, 0) is 156 Å². The van der Waals surface area contributed by atoms with Crippen molar-refractivity contribution >= 4 is 74.5 Å². The number of rotatable bonds is 37. The number of carboxylic acids is 1. The van der Waals surface area contributed by atoms with Crippen LogP contribution >= 0.6 is 0 Å². The molecule has 6 aromatic carbocycles. The van der Waals surface area contributed by atoms with Crippen molar-refractivity contribution in [3.05, 3.63) is 184 Å². The summed E-state index contributed by atoms with van der Waals surface area (Å²) in [4.78, 5) is 70.5. The number of benzene rings is 7. The minimum Gasteiger partial charge on any atom is -0.545 e. The molecule has 10 rings (SSSR count). The van der Waals surface area contributed by atoms with E-state index in [-0.39, 0.29) is 42.5 Å². The highest BCUT2D eigenvalue weighted by molar-refractivity contribution is 6.09. The fraction of sp³-hybridized carbons (Fsp3) is 0.380. The van der Waals surface area contributed by atoms with Gasteiger partial charge in [-0.1, -0.05) is 23.4 Å². The first-order chi connectivity index (χ1) is 52.9. The number of non-ortho nitro benzene ring substituents is 1. The van der Waals surface area contributed by atoms with Crippen molar-refractivity contribution in [1.29, 1.82) is 0 Å². The second kappa shape index (κ2) is 38.5. The van der Waals surface area contributed by atoms with Gasteiger partial charge in [-0.25, -0.2) is 4.58 Å². The number of aliphatic hydroxyl groups is 3. The number of nitro groups is 1. The zero-order valence-corrected chi connectivity index (χ0v) is 62.9. The third-order valence-electron chi connectivity index (χ3n) is 18.6. The molecular weight excluding hydrogens is 1410 g/mol. The summed E-state index contributed by atoms with van der Waals surface area (Å²) in [5.41, 5.74) is 6.81. The largest absolute Gasteiger partial charge is 0.545 e. The third kappa shape index (κ3) is 21.6. The first-order valence-corrected chi connectivity index (χ1v) is 36.0. The molecule has 110 heavy (non-hydrogen) atoms. The molecule has 0 spiro atoms. The van der Waals surface area contributed by atoms with Crippen LogP contribution in [0.4, 0.5) is 39.8 Å². The van der Waals surface area contributed by atoms with Crippen molar-refractivity contribution in [3.8, 4) is 39.7 Å².